The third kappa shape index (κ3) is 3.11. The second kappa shape index (κ2) is 8.06. The summed E-state index contributed by atoms with van der Waals surface area (Å²) in [6, 6.07) is 32.9. The molecule has 0 unspecified atom stereocenters. The van der Waals surface area contributed by atoms with Gasteiger partial charge in [0.2, 0.25) is 5.69 Å². The fourth-order valence-electron chi connectivity index (χ4n) is 6.36. The highest BCUT2D eigenvalue weighted by Gasteiger charge is 2.35. The van der Waals surface area contributed by atoms with Crippen LogP contribution in [-0.4, -0.2) is 7.05 Å². The molecule has 7 rings (SSSR count). The Bertz CT molecular complexity index is 1890. The van der Waals surface area contributed by atoms with Gasteiger partial charge in [-0.3, -0.25) is 0 Å². The van der Waals surface area contributed by atoms with Crippen LogP contribution in [0.3, 0.4) is 0 Å². The Balaban J connectivity index is 1.46. The maximum atomic E-state index is 6.81. The largest absolute Gasteiger partial charge is 0.454 e. The molecule has 0 aliphatic carbocycles. The van der Waals surface area contributed by atoms with Crippen LogP contribution in [0.2, 0.25) is 0 Å². The molecular weight excluding hydrogens is 464 g/mol. The smallest absolute Gasteiger partial charge is 0.216 e. The number of furan rings is 1. The van der Waals surface area contributed by atoms with Crippen molar-refractivity contribution in [3.05, 3.63) is 114 Å². The lowest BCUT2D eigenvalue weighted by Gasteiger charge is -2.40. The van der Waals surface area contributed by atoms with E-state index in [9.17, 15) is 0 Å². The highest BCUT2D eigenvalue weighted by Crippen LogP contribution is 2.49. The number of para-hydroxylation sites is 2. The molecule has 3 heteroatoms. The molecule has 3 nitrogen and oxygen atoms in total. The molecule has 186 valence electrons. The first-order valence-corrected chi connectivity index (χ1v) is 13.2. The number of pyridine rings is 1. The second-order valence-corrected chi connectivity index (χ2v) is 11.0. The fraction of sp³-hybridized carbons (Fsp3) is 0.171. The van der Waals surface area contributed by atoms with Crippen LogP contribution in [0.4, 0.5) is 11.4 Å². The van der Waals surface area contributed by atoms with Crippen molar-refractivity contribution in [3.8, 4) is 22.4 Å². The van der Waals surface area contributed by atoms with Crippen LogP contribution in [0.15, 0.2) is 102 Å². The number of fused-ring (bicyclic) bond motifs is 5. The molecule has 1 aliphatic heterocycles. The first-order chi connectivity index (χ1) is 18.4. The van der Waals surface area contributed by atoms with Crippen LogP contribution in [0.25, 0.3) is 44.3 Å². The van der Waals surface area contributed by atoms with E-state index in [2.05, 4.69) is 142 Å². The van der Waals surface area contributed by atoms with Crippen LogP contribution < -0.4 is 9.47 Å². The summed E-state index contributed by atoms with van der Waals surface area (Å²) in [6.07, 6.45) is 2.09. The van der Waals surface area contributed by atoms with Gasteiger partial charge in [-0.25, -0.2) is 4.57 Å². The van der Waals surface area contributed by atoms with Crippen molar-refractivity contribution in [2.75, 3.05) is 11.9 Å². The van der Waals surface area contributed by atoms with E-state index >= 15 is 0 Å². The van der Waals surface area contributed by atoms with Gasteiger partial charge in [0.25, 0.3) is 0 Å². The van der Waals surface area contributed by atoms with Gasteiger partial charge in [0.05, 0.1) is 5.56 Å². The fourth-order valence-corrected chi connectivity index (χ4v) is 6.36. The number of hydrogen-bond acceptors (Lipinski definition) is 2. The minimum absolute atomic E-state index is 0.109. The van der Waals surface area contributed by atoms with Crippen molar-refractivity contribution >= 4 is 33.3 Å². The average molecular weight is 496 g/mol. The van der Waals surface area contributed by atoms with Crippen LogP contribution >= 0.6 is 0 Å². The molecule has 2 aromatic heterocycles. The third-order valence-electron chi connectivity index (χ3n) is 8.47. The first kappa shape index (κ1) is 22.8. The normalized spacial score (nSPS) is 14.1. The van der Waals surface area contributed by atoms with Crippen molar-refractivity contribution < 1.29 is 8.98 Å². The quantitative estimate of drug-likeness (QED) is 0.225. The maximum absolute atomic E-state index is 6.81. The topological polar surface area (TPSA) is 20.3 Å². The Morgan fingerprint density at radius 1 is 0.737 bits per heavy atom. The standard InChI is InChI=1S/C35H31N2O/c1-22-16-18-26-25-12-10-11-24(33(25)38-34(26)32(22)31-15-8-9-20-36(31)4)23-17-19-30-28(21-23)35(2,3)27-13-6-7-14-29(27)37(30)5/h6-21H,1-5H3/q+1. The third-order valence-corrected chi connectivity index (χ3v) is 8.47. The summed E-state index contributed by atoms with van der Waals surface area (Å²) >= 11 is 0. The number of aromatic nitrogens is 1. The van der Waals surface area contributed by atoms with Crippen molar-refractivity contribution in [2.45, 2.75) is 26.2 Å². The van der Waals surface area contributed by atoms with Gasteiger partial charge in [0, 0.05) is 52.3 Å². The lowest BCUT2D eigenvalue weighted by Crippen LogP contribution is -2.30. The Morgan fingerprint density at radius 2 is 1.50 bits per heavy atom. The highest BCUT2D eigenvalue weighted by atomic mass is 16.3. The summed E-state index contributed by atoms with van der Waals surface area (Å²) in [5.74, 6) is 0. The van der Waals surface area contributed by atoms with Crippen molar-refractivity contribution in [2.24, 2.45) is 7.05 Å². The Labute approximate surface area is 223 Å². The minimum atomic E-state index is -0.109. The molecule has 0 amide bonds. The van der Waals surface area contributed by atoms with Gasteiger partial charge < -0.3 is 9.32 Å². The van der Waals surface area contributed by atoms with Crippen LogP contribution in [0, 0.1) is 6.92 Å². The van der Waals surface area contributed by atoms with Crippen molar-refractivity contribution in [3.63, 3.8) is 0 Å². The van der Waals surface area contributed by atoms with Crippen molar-refractivity contribution in [1.82, 2.24) is 0 Å². The zero-order valence-corrected chi connectivity index (χ0v) is 22.5. The number of rotatable bonds is 2. The number of aryl methyl sites for hydroxylation is 2. The molecule has 0 bridgehead atoms. The zero-order valence-electron chi connectivity index (χ0n) is 22.5. The van der Waals surface area contributed by atoms with E-state index in [4.69, 9.17) is 4.42 Å². The number of anilines is 2. The first-order valence-electron chi connectivity index (χ1n) is 13.2. The van der Waals surface area contributed by atoms with Crippen molar-refractivity contribution in [1.29, 1.82) is 0 Å². The van der Waals surface area contributed by atoms with E-state index in [1.54, 1.807) is 0 Å². The monoisotopic (exact) mass is 495 g/mol. The zero-order chi connectivity index (χ0) is 26.2. The Hall–Kier alpha value is -4.37. The van der Waals surface area contributed by atoms with E-state index in [-0.39, 0.29) is 5.41 Å². The Morgan fingerprint density at radius 3 is 2.34 bits per heavy atom. The molecule has 38 heavy (non-hydrogen) atoms. The summed E-state index contributed by atoms with van der Waals surface area (Å²) < 4.78 is 8.97. The van der Waals surface area contributed by atoms with Crippen LogP contribution in [-0.2, 0) is 12.5 Å². The molecule has 4 aromatic carbocycles. The lowest BCUT2D eigenvalue weighted by atomic mass is 9.73. The molecule has 0 radical (unpaired) electrons. The second-order valence-electron chi connectivity index (χ2n) is 11.0. The summed E-state index contributed by atoms with van der Waals surface area (Å²) in [5, 5.41) is 2.30. The van der Waals surface area contributed by atoms with Gasteiger partial charge in [-0.15, -0.1) is 0 Å². The van der Waals surface area contributed by atoms with Crippen LogP contribution in [0.5, 0.6) is 0 Å². The van der Waals surface area contributed by atoms with E-state index in [0.717, 1.165) is 38.8 Å². The summed E-state index contributed by atoms with van der Waals surface area (Å²) in [6.45, 7) is 6.83. The average Bonchev–Trinajstić information content (AvgIpc) is 3.31. The number of benzene rings is 4. The molecule has 0 atom stereocenters. The van der Waals surface area contributed by atoms with E-state index in [0.29, 0.717) is 0 Å². The maximum Gasteiger partial charge on any atom is 0.216 e. The molecule has 0 spiro atoms. The number of hydrogen-bond donors (Lipinski definition) is 0. The van der Waals surface area contributed by atoms with Gasteiger partial charge in [0.15, 0.2) is 6.20 Å². The van der Waals surface area contributed by atoms with E-state index < -0.39 is 0 Å². The van der Waals surface area contributed by atoms with E-state index in [1.807, 2.05) is 0 Å². The molecule has 1 aliphatic rings. The molecule has 0 saturated carbocycles. The van der Waals surface area contributed by atoms with Gasteiger partial charge in [0.1, 0.15) is 18.2 Å². The molecule has 0 N–H and O–H groups in total. The predicted octanol–water partition coefficient (Wildman–Crippen LogP) is 8.46. The van der Waals surface area contributed by atoms with Gasteiger partial charge in [-0.1, -0.05) is 68.4 Å². The summed E-state index contributed by atoms with van der Waals surface area (Å²) in [7, 11) is 4.26. The SMILES string of the molecule is Cc1ccc2c(oc3c(-c4ccc5c(c4)C(C)(C)c4ccccc4N5C)cccc32)c1-c1cccc[n+]1C. The molecular formula is C35H31N2O+. The highest BCUT2D eigenvalue weighted by molar-refractivity contribution is 6.13. The summed E-state index contributed by atoms with van der Waals surface area (Å²) in [5.41, 5.74) is 12.8. The molecule has 6 aromatic rings. The van der Waals surface area contributed by atoms with E-state index in [1.165, 1.54) is 33.6 Å². The number of nitrogens with zero attached hydrogens (tertiary/aromatic N) is 2. The van der Waals surface area contributed by atoms with Gasteiger partial charge >= 0.3 is 0 Å². The van der Waals surface area contributed by atoms with Gasteiger partial charge in [-0.2, -0.15) is 0 Å². The predicted molar refractivity (Wildman–Crippen MR) is 157 cm³/mol. The molecule has 0 saturated heterocycles. The molecule has 3 heterocycles. The summed E-state index contributed by atoms with van der Waals surface area (Å²) in [4.78, 5) is 2.32. The van der Waals surface area contributed by atoms with Crippen LogP contribution in [0.1, 0.15) is 30.5 Å². The minimum Gasteiger partial charge on any atom is -0.454 e. The Kier molecular flexibility index (Phi) is 4.84. The van der Waals surface area contributed by atoms with Gasteiger partial charge in [-0.05, 0) is 53.4 Å². The molecule has 0 fully saturated rings. The lowest BCUT2D eigenvalue weighted by molar-refractivity contribution is -0.660.